The molecule has 10 nitrogen and oxygen atoms in total. The Bertz CT molecular complexity index is 1020. The molecule has 0 spiro atoms. The summed E-state index contributed by atoms with van der Waals surface area (Å²) in [5.41, 5.74) is 0.654. The molecule has 0 bridgehead atoms. The van der Waals surface area contributed by atoms with Crippen LogP contribution in [0.3, 0.4) is 0 Å². The second kappa shape index (κ2) is 15.5. The van der Waals surface area contributed by atoms with Crippen LogP contribution in [-0.2, 0) is 20.7 Å². The summed E-state index contributed by atoms with van der Waals surface area (Å²) in [7, 11) is -1.76. The highest BCUT2D eigenvalue weighted by atomic mass is 16.6. The average molecular weight is 571 g/mol. The topological polar surface area (TPSA) is 135 Å². The van der Waals surface area contributed by atoms with Crippen LogP contribution in [0.1, 0.15) is 65.4 Å². The first-order valence-corrected chi connectivity index (χ1v) is 15.0. The van der Waals surface area contributed by atoms with Crippen LogP contribution in [0.15, 0.2) is 30.3 Å². The fraction of sp³-hybridized carbons (Fsp3) is 0.700. The molecule has 226 valence electrons. The molecule has 11 heteroatoms. The second-order valence-electron chi connectivity index (χ2n) is 12.1. The standard InChI is InChI=1S/C30H47BN4O6/c1-5-24(18-30(3,4)35-15-16-40-22(2)20-35)26(19-32)28(36)34-14-10-9-13-25(21-34)41-29(37)33-27(31(38)39)17-23-11-7-6-8-12-23/h6-8,11-12,22,24-27,38-39H,5,9-10,13-18,20-21H2,1-4H3,(H,33,37)/t22-,24?,25-,26?,27+/m1/s1. The van der Waals surface area contributed by atoms with E-state index in [-0.39, 0.29) is 36.4 Å². The lowest BCUT2D eigenvalue weighted by molar-refractivity contribution is -0.137. The first-order valence-electron chi connectivity index (χ1n) is 15.0. The van der Waals surface area contributed by atoms with Crippen molar-refractivity contribution in [2.24, 2.45) is 11.8 Å². The maximum Gasteiger partial charge on any atom is 0.475 e. The molecule has 1 aromatic carbocycles. The van der Waals surface area contributed by atoms with E-state index in [1.54, 1.807) is 4.90 Å². The Labute approximate surface area is 245 Å². The highest BCUT2D eigenvalue weighted by Crippen LogP contribution is 2.32. The van der Waals surface area contributed by atoms with Gasteiger partial charge >= 0.3 is 13.2 Å². The Morgan fingerprint density at radius 2 is 1.95 bits per heavy atom. The first kappa shape index (κ1) is 32.9. The Morgan fingerprint density at radius 3 is 2.59 bits per heavy atom. The molecule has 2 unspecified atom stereocenters. The molecular formula is C30H47BN4O6. The fourth-order valence-electron chi connectivity index (χ4n) is 6.03. The Kier molecular flexibility index (Phi) is 12.5. The third-order valence-electron chi connectivity index (χ3n) is 8.43. The fourth-order valence-corrected chi connectivity index (χ4v) is 6.03. The highest BCUT2D eigenvalue weighted by Gasteiger charge is 2.39. The predicted octanol–water partition coefficient (Wildman–Crippen LogP) is 2.77. The van der Waals surface area contributed by atoms with Crippen LogP contribution in [-0.4, -0.2) is 95.4 Å². The number of alkyl carbamates (subject to hydrolysis) is 1. The summed E-state index contributed by atoms with van der Waals surface area (Å²) in [6.45, 7) is 11.5. The number of benzene rings is 1. The quantitative estimate of drug-likeness (QED) is 0.346. The van der Waals surface area contributed by atoms with E-state index in [1.807, 2.05) is 37.3 Å². The number of nitriles is 1. The highest BCUT2D eigenvalue weighted by molar-refractivity contribution is 6.43. The number of amides is 2. The van der Waals surface area contributed by atoms with Gasteiger partial charge in [-0.25, -0.2) is 4.79 Å². The van der Waals surface area contributed by atoms with E-state index in [4.69, 9.17) is 9.47 Å². The molecule has 0 saturated carbocycles. The van der Waals surface area contributed by atoms with Crippen molar-refractivity contribution in [3.05, 3.63) is 35.9 Å². The SMILES string of the molecule is CCC(CC(C)(C)N1CCO[C@H](C)C1)C(C#N)C(=O)N1CCCC[C@@H](OC(=O)N[C@@H](Cc2ccccc2)B(O)O)C1. The maximum atomic E-state index is 13.7. The number of hydrogen-bond acceptors (Lipinski definition) is 8. The van der Waals surface area contributed by atoms with Crippen molar-refractivity contribution in [2.45, 2.75) is 89.9 Å². The van der Waals surface area contributed by atoms with Crippen molar-refractivity contribution in [2.75, 3.05) is 32.8 Å². The molecule has 0 radical (unpaired) electrons. The minimum absolute atomic E-state index is 0.114. The van der Waals surface area contributed by atoms with Gasteiger partial charge in [-0.05, 0) is 64.4 Å². The summed E-state index contributed by atoms with van der Waals surface area (Å²) in [6.07, 6.45) is 2.59. The summed E-state index contributed by atoms with van der Waals surface area (Å²) in [5.74, 6) is -2.06. The monoisotopic (exact) mass is 570 g/mol. The zero-order chi connectivity index (χ0) is 30.0. The molecule has 2 heterocycles. The van der Waals surface area contributed by atoms with Gasteiger partial charge in [-0.1, -0.05) is 43.7 Å². The normalized spacial score (nSPS) is 22.5. The summed E-state index contributed by atoms with van der Waals surface area (Å²) >= 11 is 0. The van der Waals surface area contributed by atoms with Gasteiger partial charge in [-0.2, -0.15) is 5.26 Å². The van der Waals surface area contributed by atoms with Crippen molar-refractivity contribution in [3.8, 4) is 6.07 Å². The van der Waals surface area contributed by atoms with Gasteiger partial charge < -0.3 is 29.7 Å². The molecule has 0 aromatic heterocycles. The molecule has 3 rings (SSSR count). The lowest BCUT2D eigenvalue weighted by atomic mass is 9.76. The average Bonchev–Trinajstić information content (AvgIpc) is 3.18. The molecule has 5 atom stereocenters. The van der Waals surface area contributed by atoms with Gasteiger partial charge in [-0.15, -0.1) is 0 Å². The smallest absolute Gasteiger partial charge is 0.444 e. The molecule has 0 aliphatic carbocycles. The Hall–Kier alpha value is -2.65. The third kappa shape index (κ3) is 9.71. The summed E-state index contributed by atoms with van der Waals surface area (Å²) < 4.78 is 11.4. The summed E-state index contributed by atoms with van der Waals surface area (Å²) in [6, 6.07) is 11.5. The largest absolute Gasteiger partial charge is 0.475 e. The molecule has 1 aromatic rings. The van der Waals surface area contributed by atoms with Gasteiger partial charge in [0, 0.05) is 25.2 Å². The minimum Gasteiger partial charge on any atom is -0.444 e. The van der Waals surface area contributed by atoms with E-state index in [0.29, 0.717) is 32.4 Å². The van der Waals surface area contributed by atoms with Gasteiger partial charge in [0.15, 0.2) is 0 Å². The molecule has 2 aliphatic rings. The molecule has 2 amide bonds. The van der Waals surface area contributed by atoms with Crippen LogP contribution in [0.4, 0.5) is 4.79 Å². The number of morpholine rings is 1. The number of hydrogen-bond donors (Lipinski definition) is 3. The van der Waals surface area contributed by atoms with Crippen molar-refractivity contribution < 1.29 is 29.1 Å². The number of likely N-dealkylation sites (tertiary alicyclic amines) is 1. The van der Waals surface area contributed by atoms with E-state index in [9.17, 15) is 24.9 Å². The maximum absolute atomic E-state index is 13.7. The van der Waals surface area contributed by atoms with Crippen molar-refractivity contribution >= 4 is 19.1 Å². The number of nitrogens with zero attached hydrogens (tertiary/aromatic N) is 3. The van der Waals surface area contributed by atoms with Crippen LogP contribution in [0.25, 0.3) is 0 Å². The lowest BCUT2D eigenvalue weighted by Crippen LogP contribution is -2.53. The van der Waals surface area contributed by atoms with E-state index < -0.39 is 31.2 Å². The first-order chi connectivity index (χ1) is 19.5. The number of ether oxygens (including phenoxy) is 2. The molecule has 2 saturated heterocycles. The van der Waals surface area contributed by atoms with Gasteiger partial charge in [0.1, 0.15) is 12.0 Å². The third-order valence-corrected chi connectivity index (χ3v) is 8.43. The van der Waals surface area contributed by atoms with Crippen LogP contribution in [0.2, 0.25) is 0 Å². The lowest BCUT2D eigenvalue weighted by Gasteiger charge is -2.45. The van der Waals surface area contributed by atoms with Gasteiger partial charge in [0.05, 0.1) is 31.3 Å². The summed E-state index contributed by atoms with van der Waals surface area (Å²) in [5, 5.41) is 32.4. The molecule has 3 N–H and O–H groups in total. The summed E-state index contributed by atoms with van der Waals surface area (Å²) in [4.78, 5) is 30.6. The Morgan fingerprint density at radius 1 is 1.22 bits per heavy atom. The van der Waals surface area contributed by atoms with Gasteiger partial charge in [0.2, 0.25) is 5.91 Å². The van der Waals surface area contributed by atoms with E-state index in [0.717, 1.165) is 31.5 Å². The number of carbonyl (C=O) groups is 2. The van der Waals surface area contributed by atoms with E-state index in [2.05, 4.69) is 37.1 Å². The zero-order valence-electron chi connectivity index (χ0n) is 25.0. The predicted molar refractivity (Wildman–Crippen MR) is 157 cm³/mol. The van der Waals surface area contributed by atoms with E-state index in [1.165, 1.54) is 0 Å². The molecule has 41 heavy (non-hydrogen) atoms. The van der Waals surface area contributed by atoms with Crippen molar-refractivity contribution in [3.63, 3.8) is 0 Å². The van der Waals surface area contributed by atoms with Crippen LogP contribution < -0.4 is 5.32 Å². The minimum atomic E-state index is -1.76. The number of nitrogens with one attached hydrogen (secondary N) is 1. The van der Waals surface area contributed by atoms with Crippen molar-refractivity contribution in [1.29, 1.82) is 5.26 Å². The van der Waals surface area contributed by atoms with Crippen LogP contribution in [0.5, 0.6) is 0 Å². The van der Waals surface area contributed by atoms with Crippen molar-refractivity contribution in [1.82, 2.24) is 15.1 Å². The molecule has 2 aliphatic heterocycles. The molecular weight excluding hydrogens is 523 g/mol. The van der Waals surface area contributed by atoms with E-state index >= 15 is 0 Å². The number of rotatable bonds is 11. The van der Waals surface area contributed by atoms with Crippen LogP contribution >= 0.6 is 0 Å². The second-order valence-corrected chi connectivity index (χ2v) is 12.1. The molecule has 2 fully saturated rings. The number of carbonyl (C=O) groups excluding carboxylic acids is 2. The zero-order valence-corrected chi connectivity index (χ0v) is 25.0. The van der Waals surface area contributed by atoms with Crippen LogP contribution in [0, 0.1) is 23.2 Å². The van der Waals surface area contributed by atoms with Gasteiger partial charge in [-0.3, -0.25) is 9.69 Å². The van der Waals surface area contributed by atoms with Gasteiger partial charge in [0.25, 0.3) is 0 Å². The Balaban J connectivity index is 1.62.